The number of amides is 1. The van der Waals surface area contributed by atoms with Gasteiger partial charge in [0.1, 0.15) is 5.75 Å². The van der Waals surface area contributed by atoms with Crippen molar-refractivity contribution in [1.82, 2.24) is 10.2 Å². The molecular formula is C29H33N3O5. The summed E-state index contributed by atoms with van der Waals surface area (Å²) in [7, 11) is 0. The average molecular weight is 504 g/mol. The van der Waals surface area contributed by atoms with Crippen LogP contribution < -0.4 is 15.6 Å². The van der Waals surface area contributed by atoms with E-state index in [0.717, 1.165) is 72.3 Å². The molecule has 0 unspecified atom stereocenters. The lowest BCUT2D eigenvalue weighted by atomic mass is 9.90. The van der Waals surface area contributed by atoms with Crippen LogP contribution in [0.1, 0.15) is 61.4 Å². The van der Waals surface area contributed by atoms with Gasteiger partial charge in [-0.25, -0.2) is 5.10 Å². The second-order valence-corrected chi connectivity index (χ2v) is 9.87. The number of carbonyl (C=O) groups is 2. The lowest BCUT2D eigenvalue weighted by Gasteiger charge is -2.17. The number of benzene rings is 2. The summed E-state index contributed by atoms with van der Waals surface area (Å²) in [6.07, 6.45) is 6.49. The molecule has 1 aromatic heterocycles. The van der Waals surface area contributed by atoms with Gasteiger partial charge in [0.15, 0.2) is 0 Å². The van der Waals surface area contributed by atoms with Crippen LogP contribution in [0.25, 0.3) is 0 Å². The van der Waals surface area contributed by atoms with Crippen LogP contribution in [0.4, 0.5) is 5.69 Å². The minimum absolute atomic E-state index is 0.0628. The number of aromatic nitrogens is 2. The first-order chi connectivity index (χ1) is 17.8. The first-order valence-electron chi connectivity index (χ1n) is 12.7. The zero-order valence-electron chi connectivity index (χ0n) is 21.1. The number of hydrogen-bond donors (Lipinski definition) is 3. The Hall–Kier alpha value is -3.94. The van der Waals surface area contributed by atoms with Gasteiger partial charge in [0, 0.05) is 17.7 Å². The normalized spacial score (nSPS) is 14.9. The molecule has 8 nitrogen and oxygen atoms in total. The summed E-state index contributed by atoms with van der Waals surface area (Å²) >= 11 is 0. The number of rotatable bonds is 8. The molecule has 1 saturated carbocycles. The maximum Gasteiger partial charge on any atom is 0.309 e. The molecule has 2 aromatic carbocycles. The highest BCUT2D eigenvalue weighted by atomic mass is 16.5. The van der Waals surface area contributed by atoms with Gasteiger partial charge in [-0.05, 0) is 80.8 Å². The largest absolute Gasteiger partial charge is 0.493 e. The highest BCUT2D eigenvalue weighted by Gasteiger charge is 2.44. The van der Waals surface area contributed by atoms with E-state index in [9.17, 15) is 14.4 Å². The summed E-state index contributed by atoms with van der Waals surface area (Å²) in [6.45, 7) is 2.10. The Bertz CT molecular complexity index is 1300. The molecule has 2 aliphatic rings. The number of anilines is 1. The van der Waals surface area contributed by atoms with Gasteiger partial charge in [-0.15, -0.1) is 0 Å². The lowest BCUT2D eigenvalue weighted by Crippen LogP contribution is -2.23. The highest BCUT2D eigenvalue weighted by Crippen LogP contribution is 2.44. The molecule has 1 heterocycles. The Morgan fingerprint density at radius 1 is 1.05 bits per heavy atom. The van der Waals surface area contributed by atoms with Crippen molar-refractivity contribution in [1.29, 1.82) is 0 Å². The predicted molar refractivity (Wildman–Crippen MR) is 141 cm³/mol. The molecule has 8 heteroatoms. The van der Waals surface area contributed by atoms with Crippen molar-refractivity contribution in [3.8, 4) is 5.75 Å². The number of carboxylic acid groups (broad SMARTS) is 1. The van der Waals surface area contributed by atoms with Crippen molar-refractivity contribution >= 4 is 17.6 Å². The average Bonchev–Trinajstić information content (AvgIpc) is 3.66. The summed E-state index contributed by atoms with van der Waals surface area (Å²) in [5.41, 5.74) is 4.29. The van der Waals surface area contributed by atoms with Crippen LogP contribution >= 0.6 is 0 Å². The number of hydrogen-bond acceptors (Lipinski definition) is 5. The van der Waals surface area contributed by atoms with Gasteiger partial charge in [0.2, 0.25) is 5.91 Å². The van der Waals surface area contributed by atoms with Crippen molar-refractivity contribution in [2.24, 2.45) is 5.41 Å². The maximum absolute atomic E-state index is 12.3. The summed E-state index contributed by atoms with van der Waals surface area (Å²) < 4.78 is 5.58. The van der Waals surface area contributed by atoms with E-state index in [1.807, 2.05) is 54.6 Å². The first kappa shape index (κ1) is 26.1. The SMILES string of the molecule is CC1(C(=O)O)CC1.O=C(CCOc1ccccc1)Nc1cccc(Cc2n[nH]c(=O)c3c2CCCC3)c1. The van der Waals surface area contributed by atoms with Crippen molar-refractivity contribution in [3.05, 3.63) is 87.3 Å². The van der Waals surface area contributed by atoms with Crippen molar-refractivity contribution in [2.45, 2.75) is 58.3 Å². The Morgan fingerprint density at radius 2 is 1.78 bits per heavy atom. The van der Waals surface area contributed by atoms with Gasteiger partial charge in [-0.3, -0.25) is 14.4 Å². The summed E-state index contributed by atoms with van der Waals surface area (Å²) in [4.78, 5) is 34.4. The number of fused-ring (bicyclic) bond motifs is 1. The van der Waals surface area contributed by atoms with Gasteiger partial charge in [-0.1, -0.05) is 30.3 Å². The molecule has 194 valence electrons. The van der Waals surface area contributed by atoms with Gasteiger partial charge in [0.25, 0.3) is 5.56 Å². The number of aromatic amines is 1. The molecule has 2 aliphatic carbocycles. The van der Waals surface area contributed by atoms with Crippen LogP contribution in [0, 0.1) is 5.41 Å². The summed E-state index contributed by atoms with van der Waals surface area (Å²) in [5, 5.41) is 18.2. The van der Waals surface area contributed by atoms with Crippen LogP contribution in [0.15, 0.2) is 59.4 Å². The van der Waals surface area contributed by atoms with Crippen molar-refractivity contribution in [3.63, 3.8) is 0 Å². The third-order valence-corrected chi connectivity index (χ3v) is 6.82. The molecule has 37 heavy (non-hydrogen) atoms. The summed E-state index contributed by atoms with van der Waals surface area (Å²) in [6, 6.07) is 17.2. The Morgan fingerprint density at radius 3 is 2.46 bits per heavy atom. The second-order valence-electron chi connectivity index (χ2n) is 9.87. The van der Waals surface area contributed by atoms with Gasteiger partial charge in [-0.2, -0.15) is 5.10 Å². The minimum atomic E-state index is -0.646. The number of nitrogens with one attached hydrogen (secondary N) is 2. The van der Waals surface area contributed by atoms with E-state index in [4.69, 9.17) is 9.84 Å². The quantitative estimate of drug-likeness (QED) is 0.416. The third kappa shape index (κ3) is 7.29. The van der Waals surface area contributed by atoms with Crippen molar-refractivity contribution in [2.75, 3.05) is 11.9 Å². The lowest BCUT2D eigenvalue weighted by molar-refractivity contribution is -0.142. The molecule has 0 saturated heterocycles. The fraction of sp³-hybridized carbons (Fsp3) is 0.379. The van der Waals surface area contributed by atoms with Crippen LogP contribution in [0.5, 0.6) is 5.75 Å². The molecule has 0 bridgehead atoms. The molecule has 3 aromatic rings. The van der Waals surface area contributed by atoms with E-state index in [0.29, 0.717) is 13.0 Å². The fourth-order valence-electron chi connectivity index (χ4n) is 4.23. The fourth-order valence-corrected chi connectivity index (χ4v) is 4.23. The topological polar surface area (TPSA) is 121 Å². The molecule has 0 radical (unpaired) electrons. The van der Waals surface area contributed by atoms with E-state index in [2.05, 4.69) is 15.5 Å². The number of ether oxygens (including phenoxy) is 1. The third-order valence-electron chi connectivity index (χ3n) is 6.82. The highest BCUT2D eigenvalue weighted by molar-refractivity contribution is 5.90. The maximum atomic E-state index is 12.3. The second kappa shape index (κ2) is 11.9. The number of carboxylic acids is 1. The van der Waals surface area contributed by atoms with Crippen LogP contribution in [-0.2, 0) is 28.9 Å². The molecule has 1 fully saturated rings. The molecule has 0 spiro atoms. The smallest absolute Gasteiger partial charge is 0.309 e. The van der Waals surface area contributed by atoms with Gasteiger partial charge in [0.05, 0.1) is 24.1 Å². The molecule has 5 rings (SSSR count). The molecule has 3 N–H and O–H groups in total. The van der Waals surface area contributed by atoms with Gasteiger partial charge >= 0.3 is 5.97 Å². The molecule has 1 amide bonds. The van der Waals surface area contributed by atoms with Crippen LogP contribution in [0.2, 0.25) is 0 Å². The van der Waals surface area contributed by atoms with E-state index in [1.54, 1.807) is 6.92 Å². The van der Waals surface area contributed by atoms with Crippen LogP contribution in [0.3, 0.4) is 0 Å². The molecular weight excluding hydrogens is 470 g/mol. The van der Waals surface area contributed by atoms with E-state index < -0.39 is 5.97 Å². The van der Waals surface area contributed by atoms with E-state index in [-0.39, 0.29) is 23.3 Å². The number of H-pyrrole nitrogens is 1. The molecule has 0 aliphatic heterocycles. The monoisotopic (exact) mass is 503 g/mol. The zero-order valence-corrected chi connectivity index (χ0v) is 21.1. The van der Waals surface area contributed by atoms with E-state index >= 15 is 0 Å². The van der Waals surface area contributed by atoms with Gasteiger partial charge < -0.3 is 15.2 Å². The number of para-hydroxylation sites is 1. The van der Waals surface area contributed by atoms with E-state index in [1.165, 1.54) is 0 Å². The standard InChI is InChI=1S/C24H25N3O3.C5H8O2/c28-23(13-14-30-19-9-2-1-3-10-19)25-18-8-6-7-17(15-18)16-22-20-11-4-5-12-21(20)24(29)27-26-22;1-5(2-3-5)4(6)7/h1-3,6-10,15H,4-5,11-14,16H2,(H,25,28)(H,27,29);2-3H2,1H3,(H,6,7). The number of aliphatic carboxylic acids is 1. The summed E-state index contributed by atoms with van der Waals surface area (Å²) in [5.74, 6) is 0.0131. The Labute approximate surface area is 216 Å². The molecule has 0 atom stereocenters. The Balaban J connectivity index is 0.000000396. The van der Waals surface area contributed by atoms with Crippen molar-refractivity contribution < 1.29 is 19.4 Å². The first-order valence-corrected chi connectivity index (χ1v) is 12.7. The predicted octanol–water partition coefficient (Wildman–Crippen LogP) is 4.52. The minimum Gasteiger partial charge on any atom is -0.493 e. The van der Waals surface area contributed by atoms with Crippen LogP contribution in [-0.4, -0.2) is 33.8 Å². The zero-order chi connectivity index (χ0) is 26.3. The Kier molecular flexibility index (Phi) is 8.38. The number of nitrogens with zero attached hydrogens (tertiary/aromatic N) is 1. The number of carbonyl (C=O) groups excluding carboxylic acids is 1.